The molecule has 1 atom stereocenters. The predicted octanol–water partition coefficient (Wildman–Crippen LogP) is 1.83. The normalized spacial score (nSPS) is 12.3. The van der Waals surface area contributed by atoms with E-state index >= 15 is 0 Å². The molecule has 0 radical (unpaired) electrons. The molecule has 3 N–H and O–H groups in total. The van der Waals surface area contributed by atoms with Gasteiger partial charge in [0.2, 0.25) is 0 Å². The Morgan fingerprint density at radius 3 is 2.87 bits per heavy atom. The molecule has 0 aliphatic rings. The molecule has 1 amide bonds. The van der Waals surface area contributed by atoms with Crippen molar-refractivity contribution < 1.29 is 4.79 Å². The van der Waals surface area contributed by atoms with Crippen LogP contribution in [0.2, 0.25) is 0 Å². The van der Waals surface area contributed by atoms with Crippen molar-refractivity contribution in [3.63, 3.8) is 0 Å². The van der Waals surface area contributed by atoms with Crippen LogP contribution in [0.4, 0.5) is 0 Å². The fourth-order valence-corrected chi connectivity index (χ4v) is 1.58. The van der Waals surface area contributed by atoms with Gasteiger partial charge in [-0.15, -0.1) is 0 Å². The standard InChI is InChI=1S/C11H15BrN2O/c1-7(6-13)14-11(15)9-4-3-5-10(12)8(9)2/h3-5,7H,6,13H2,1-2H3,(H,14,15)/t7-/m1/s1. The maximum atomic E-state index is 11.8. The van der Waals surface area contributed by atoms with E-state index in [4.69, 9.17) is 5.73 Å². The minimum absolute atomic E-state index is 0.00381. The molecule has 0 spiro atoms. The van der Waals surface area contributed by atoms with Crippen molar-refractivity contribution in [2.45, 2.75) is 19.9 Å². The lowest BCUT2D eigenvalue weighted by Crippen LogP contribution is -2.38. The fourth-order valence-electron chi connectivity index (χ4n) is 1.21. The van der Waals surface area contributed by atoms with Crippen molar-refractivity contribution in [3.8, 4) is 0 Å². The molecule has 0 bridgehead atoms. The Balaban J connectivity index is 2.87. The van der Waals surface area contributed by atoms with Gasteiger partial charge in [-0.1, -0.05) is 22.0 Å². The SMILES string of the molecule is Cc1c(Br)cccc1C(=O)N[C@H](C)CN. The molecule has 0 aliphatic carbocycles. The number of carbonyl (C=O) groups is 1. The summed E-state index contributed by atoms with van der Waals surface area (Å²) in [7, 11) is 0. The highest BCUT2D eigenvalue weighted by Gasteiger charge is 2.12. The van der Waals surface area contributed by atoms with Crippen LogP contribution < -0.4 is 11.1 Å². The van der Waals surface area contributed by atoms with Crippen molar-refractivity contribution in [1.82, 2.24) is 5.32 Å². The summed E-state index contributed by atoms with van der Waals surface area (Å²) >= 11 is 3.39. The Morgan fingerprint density at radius 2 is 2.27 bits per heavy atom. The predicted molar refractivity (Wildman–Crippen MR) is 64.9 cm³/mol. The van der Waals surface area contributed by atoms with Crippen LogP contribution in [0.1, 0.15) is 22.8 Å². The second-order valence-corrected chi connectivity index (χ2v) is 4.38. The number of nitrogens with two attached hydrogens (primary N) is 1. The third-order valence-corrected chi connectivity index (χ3v) is 3.10. The summed E-state index contributed by atoms with van der Waals surface area (Å²) in [5, 5.41) is 2.83. The van der Waals surface area contributed by atoms with Gasteiger partial charge in [0.1, 0.15) is 0 Å². The number of carbonyl (C=O) groups excluding carboxylic acids is 1. The largest absolute Gasteiger partial charge is 0.348 e. The fraction of sp³-hybridized carbons (Fsp3) is 0.364. The molecular formula is C11H15BrN2O. The van der Waals surface area contributed by atoms with E-state index < -0.39 is 0 Å². The lowest BCUT2D eigenvalue weighted by atomic mass is 10.1. The maximum absolute atomic E-state index is 11.8. The zero-order valence-corrected chi connectivity index (χ0v) is 10.5. The Labute approximate surface area is 98.2 Å². The minimum atomic E-state index is -0.0771. The first-order valence-electron chi connectivity index (χ1n) is 4.82. The van der Waals surface area contributed by atoms with E-state index in [1.165, 1.54) is 0 Å². The van der Waals surface area contributed by atoms with Crippen LogP contribution in [0.25, 0.3) is 0 Å². The second-order valence-electron chi connectivity index (χ2n) is 3.52. The van der Waals surface area contributed by atoms with Gasteiger partial charge >= 0.3 is 0 Å². The molecule has 1 aromatic carbocycles. The van der Waals surface area contributed by atoms with Crippen molar-refractivity contribution >= 4 is 21.8 Å². The zero-order chi connectivity index (χ0) is 11.4. The van der Waals surface area contributed by atoms with Crippen LogP contribution >= 0.6 is 15.9 Å². The van der Waals surface area contributed by atoms with Gasteiger partial charge in [-0.05, 0) is 31.5 Å². The molecule has 0 fully saturated rings. The number of halogens is 1. The number of amides is 1. The number of rotatable bonds is 3. The van der Waals surface area contributed by atoms with E-state index in [1.54, 1.807) is 6.07 Å². The van der Waals surface area contributed by atoms with Gasteiger partial charge in [0.05, 0.1) is 0 Å². The van der Waals surface area contributed by atoms with Crippen molar-refractivity contribution in [1.29, 1.82) is 0 Å². The number of hydrogen-bond acceptors (Lipinski definition) is 2. The van der Waals surface area contributed by atoms with Crippen LogP contribution in [0.15, 0.2) is 22.7 Å². The van der Waals surface area contributed by atoms with Gasteiger partial charge in [-0.25, -0.2) is 0 Å². The molecular weight excluding hydrogens is 256 g/mol. The summed E-state index contributed by atoms with van der Waals surface area (Å²) < 4.78 is 0.940. The Morgan fingerprint density at radius 1 is 1.60 bits per heavy atom. The van der Waals surface area contributed by atoms with Crippen LogP contribution in [0, 0.1) is 6.92 Å². The molecule has 0 heterocycles. The highest BCUT2D eigenvalue weighted by Crippen LogP contribution is 2.19. The van der Waals surface area contributed by atoms with Crippen molar-refractivity contribution in [2.24, 2.45) is 5.73 Å². The van der Waals surface area contributed by atoms with Crippen LogP contribution in [0.3, 0.4) is 0 Å². The number of hydrogen-bond donors (Lipinski definition) is 2. The average molecular weight is 271 g/mol. The van der Waals surface area contributed by atoms with E-state index in [1.807, 2.05) is 26.0 Å². The Bertz CT molecular complexity index is 366. The molecule has 0 saturated carbocycles. The summed E-state index contributed by atoms with van der Waals surface area (Å²) in [4.78, 5) is 11.8. The maximum Gasteiger partial charge on any atom is 0.251 e. The molecule has 3 nitrogen and oxygen atoms in total. The molecule has 15 heavy (non-hydrogen) atoms. The summed E-state index contributed by atoms with van der Waals surface area (Å²) in [6, 6.07) is 5.56. The molecule has 0 aliphatic heterocycles. The van der Waals surface area contributed by atoms with E-state index in [0.717, 1.165) is 10.0 Å². The van der Waals surface area contributed by atoms with Crippen LogP contribution in [-0.4, -0.2) is 18.5 Å². The van der Waals surface area contributed by atoms with Gasteiger partial charge in [-0.3, -0.25) is 4.79 Å². The van der Waals surface area contributed by atoms with Crippen molar-refractivity contribution in [2.75, 3.05) is 6.54 Å². The average Bonchev–Trinajstić information content (AvgIpc) is 2.21. The molecule has 0 saturated heterocycles. The molecule has 82 valence electrons. The summed E-state index contributed by atoms with van der Waals surface area (Å²) in [6.45, 7) is 4.23. The van der Waals surface area contributed by atoms with Crippen LogP contribution in [-0.2, 0) is 0 Å². The first-order valence-corrected chi connectivity index (χ1v) is 5.61. The van der Waals surface area contributed by atoms with Crippen molar-refractivity contribution in [3.05, 3.63) is 33.8 Å². The minimum Gasteiger partial charge on any atom is -0.348 e. The third kappa shape index (κ3) is 3.04. The Kier molecular flexibility index (Phi) is 4.29. The highest BCUT2D eigenvalue weighted by atomic mass is 79.9. The first-order chi connectivity index (χ1) is 7.06. The van der Waals surface area contributed by atoms with Gasteiger partial charge in [0, 0.05) is 22.6 Å². The third-order valence-electron chi connectivity index (χ3n) is 2.24. The lowest BCUT2D eigenvalue weighted by Gasteiger charge is -2.13. The second kappa shape index (κ2) is 5.28. The molecule has 0 aromatic heterocycles. The summed E-state index contributed by atoms with van der Waals surface area (Å²) in [5.41, 5.74) is 7.07. The van der Waals surface area contributed by atoms with Gasteiger partial charge in [0.15, 0.2) is 0 Å². The number of benzene rings is 1. The highest BCUT2D eigenvalue weighted by molar-refractivity contribution is 9.10. The van der Waals surface area contributed by atoms with Gasteiger partial charge < -0.3 is 11.1 Å². The number of nitrogens with one attached hydrogen (secondary N) is 1. The van der Waals surface area contributed by atoms with E-state index in [0.29, 0.717) is 12.1 Å². The molecule has 4 heteroatoms. The first kappa shape index (κ1) is 12.2. The quantitative estimate of drug-likeness (QED) is 0.881. The van der Waals surface area contributed by atoms with E-state index in [2.05, 4.69) is 21.2 Å². The molecule has 1 rings (SSSR count). The van der Waals surface area contributed by atoms with Crippen LogP contribution in [0.5, 0.6) is 0 Å². The molecule has 0 unspecified atom stereocenters. The zero-order valence-electron chi connectivity index (χ0n) is 8.88. The lowest BCUT2D eigenvalue weighted by molar-refractivity contribution is 0.0940. The summed E-state index contributed by atoms with van der Waals surface area (Å²) in [5.74, 6) is -0.0771. The molecule has 1 aromatic rings. The smallest absolute Gasteiger partial charge is 0.251 e. The van der Waals surface area contributed by atoms with Gasteiger partial charge in [0.25, 0.3) is 5.91 Å². The topological polar surface area (TPSA) is 55.1 Å². The van der Waals surface area contributed by atoms with E-state index in [9.17, 15) is 4.79 Å². The Hall–Kier alpha value is -0.870. The monoisotopic (exact) mass is 270 g/mol. The summed E-state index contributed by atoms with van der Waals surface area (Å²) in [6.07, 6.45) is 0. The van der Waals surface area contributed by atoms with E-state index in [-0.39, 0.29) is 11.9 Å². The van der Waals surface area contributed by atoms with Gasteiger partial charge in [-0.2, -0.15) is 0 Å².